The second-order valence-electron chi connectivity index (χ2n) is 6.53. The van der Waals surface area contributed by atoms with Crippen molar-refractivity contribution in [3.63, 3.8) is 0 Å². The maximum Gasteiger partial charge on any atom is 0.0528 e. The van der Waals surface area contributed by atoms with Crippen LogP contribution in [0, 0.1) is 6.92 Å². The molecule has 0 atom stereocenters. The highest BCUT2D eigenvalue weighted by molar-refractivity contribution is 5.88. The van der Waals surface area contributed by atoms with Crippen LogP contribution in [0.4, 0.5) is 0 Å². The van der Waals surface area contributed by atoms with Crippen molar-refractivity contribution in [2.75, 3.05) is 13.6 Å². The molecule has 116 valence electrons. The summed E-state index contributed by atoms with van der Waals surface area (Å²) in [5.74, 6) is 0. The number of rotatable bonds is 2. The Balaban J connectivity index is 1.82. The van der Waals surface area contributed by atoms with Gasteiger partial charge in [0.05, 0.1) is 5.52 Å². The molecule has 0 amide bonds. The van der Waals surface area contributed by atoms with Crippen molar-refractivity contribution < 1.29 is 0 Å². The van der Waals surface area contributed by atoms with Crippen LogP contribution in [-0.4, -0.2) is 23.1 Å². The van der Waals surface area contributed by atoms with Gasteiger partial charge in [-0.15, -0.1) is 0 Å². The standard InChI is InChI=1S/C21H22N2/c1-16-7-9-17(10-8-16)11-14-23-20-6-4-3-5-18(20)19-15-22(2)13-12-21(19)23/h3-11,14H,12-13,15H2,1-2H3. The number of aryl methyl sites for hydroxylation is 1. The Morgan fingerprint density at radius 3 is 2.61 bits per heavy atom. The van der Waals surface area contributed by atoms with Gasteiger partial charge in [-0.3, -0.25) is 0 Å². The van der Waals surface area contributed by atoms with Crippen LogP contribution in [0.3, 0.4) is 0 Å². The molecule has 0 unspecified atom stereocenters. The van der Waals surface area contributed by atoms with Crippen LogP contribution >= 0.6 is 0 Å². The summed E-state index contributed by atoms with van der Waals surface area (Å²) in [6.45, 7) is 4.29. The molecule has 1 aliphatic rings. The van der Waals surface area contributed by atoms with E-state index in [2.05, 4.69) is 84.2 Å². The summed E-state index contributed by atoms with van der Waals surface area (Å²) >= 11 is 0. The number of aromatic nitrogens is 1. The van der Waals surface area contributed by atoms with Crippen LogP contribution in [0.25, 0.3) is 23.2 Å². The van der Waals surface area contributed by atoms with E-state index in [1.807, 2.05) is 0 Å². The van der Waals surface area contributed by atoms with Gasteiger partial charge in [0.15, 0.2) is 0 Å². The van der Waals surface area contributed by atoms with Crippen LogP contribution in [0.1, 0.15) is 22.4 Å². The monoisotopic (exact) mass is 302 g/mol. The van der Waals surface area contributed by atoms with Crippen LogP contribution < -0.4 is 0 Å². The fraction of sp³-hybridized carbons (Fsp3) is 0.238. The van der Waals surface area contributed by atoms with E-state index in [1.165, 1.54) is 33.3 Å². The zero-order valence-corrected chi connectivity index (χ0v) is 13.8. The van der Waals surface area contributed by atoms with Crippen molar-refractivity contribution in [1.82, 2.24) is 9.47 Å². The smallest absolute Gasteiger partial charge is 0.0528 e. The summed E-state index contributed by atoms with van der Waals surface area (Å²) in [6, 6.07) is 17.4. The van der Waals surface area contributed by atoms with Gasteiger partial charge >= 0.3 is 0 Å². The zero-order chi connectivity index (χ0) is 15.8. The molecular formula is C21H22N2. The van der Waals surface area contributed by atoms with Gasteiger partial charge in [0.25, 0.3) is 0 Å². The van der Waals surface area contributed by atoms with Crippen molar-refractivity contribution in [1.29, 1.82) is 0 Å². The number of benzene rings is 2. The predicted molar refractivity (Wildman–Crippen MR) is 98.4 cm³/mol. The fourth-order valence-electron chi connectivity index (χ4n) is 3.49. The van der Waals surface area contributed by atoms with E-state index in [0.717, 1.165) is 19.5 Å². The first kappa shape index (κ1) is 14.3. The summed E-state index contributed by atoms with van der Waals surface area (Å²) < 4.78 is 2.39. The number of para-hydroxylation sites is 1. The molecule has 0 saturated carbocycles. The third kappa shape index (κ3) is 2.60. The normalized spacial score (nSPS) is 15.4. The molecule has 2 heterocycles. The van der Waals surface area contributed by atoms with Gasteiger partial charge in [-0.25, -0.2) is 0 Å². The quantitative estimate of drug-likeness (QED) is 0.673. The summed E-state index contributed by atoms with van der Waals surface area (Å²) in [6.07, 6.45) is 5.56. The van der Waals surface area contributed by atoms with Gasteiger partial charge < -0.3 is 9.47 Å². The van der Waals surface area contributed by atoms with Crippen LogP contribution in [0.5, 0.6) is 0 Å². The molecule has 3 aromatic rings. The summed E-state index contributed by atoms with van der Waals surface area (Å²) in [4.78, 5) is 2.41. The number of hydrogen-bond acceptors (Lipinski definition) is 1. The van der Waals surface area contributed by atoms with E-state index in [-0.39, 0.29) is 0 Å². The van der Waals surface area contributed by atoms with Gasteiger partial charge in [-0.1, -0.05) is 48.0 Å². The maximum atomic E-state index is 2.41. The van der Waals surface area contributed by atoms with E-state index in [9.17, 15) is 0 Å². The molecule has 0 N–H and O–H groups in total. The number of nitrogens with zero attached hydrogens (tertiary/aromatic N) is 2. The zero-order valence-electron chi connectivity index (χ0n) is 13.8. The van der Waals surface area contributed by atoms with Crippen molar-refractivity contribution in [2.45, 2.75) is 19.9 Å². The molecule has 2 aromatic carbocycles. The molecular weight excluding hydrogens is 280 g/mol. The molecule has 0 radical (unpaired) electrons. The van der Waals surface area contributed by atoms with Crippen LogP contribution in [-0.2, 0) is 13.0 Å². The minimum atomic E-state index is 1.04. The van der Waals surface area contributed by atoms with Crippen molar-refractivity contribution >= 4 is 23.2 Å². The second kappa shape index (κ2) is 5.71. The first-order valence-corrected chi connectivity index (χ1v) is 8.26. The highest BCUT2D eigenvalue weighted by Crippen LogP contribution is 2.30. The average molecular weight is 302 g/mol. The lowest BCUT2D eigenvalue weighted by Gasteiger charge is -2.23. The van der Waals surface area contributed by atoms with E-state index < -0.39 is 0 Å². The molecule has 1 aliphatic heterocycles. The van der Waals surface area contributed by atoms with Crippen LogP contribution in [0.15, 0.2) is 48.5 Å². The number of likely N-dealkylation sites (N-methyl/N-ethyl adjacent to an activating group) is 1. The molecule has 0 fully saturated rings. The third-order valence-electron chi connectivity index (χ3n) is 4.78. The first-order valence-electron chi connectivity index (χ1n) is 8.26. The van der Waals surface area contributed by atoms with Gasteiger partial charge in [0.2, 0.25) is 0 Å². The fourth-order valence-corrected chi connectivity index (χ4v) is 3.49. The molecule has 0 spiro atoms. The molecule has 2 heteroatoms. The molecule has 0 saturated heterocycles. The molecule has 23 heavy (non-hydrogen) atoms. The number of fused-ring (bicyclic) bond motifs is 3. The Bertz CT molecular complexity index is 869. The highest BCUT2D eigenvalue weighted by atomic mass is 15.1. The maximum absolute atomic E-state index is 2.41. The van der Waals surface area contributed by atoms with Gasteiger partial charge in [0.1, 0.15) is 0 Å². The molecule has 4 rings (SSSR count). The average Bonchev–Trinajstić information content (AvgIpc) is 2.88. The molecule has 1 aromatic heterocycles. The highest BCUT2D eigenvalue weighted by Gasteiger charge is 2.20. The van der Waals surface area contributed by atoms with Crippen molar-refractivity contribution in [2.24, 2.45) is 0 Å². The first-order chi connectivity index (χ1) is 11.2. The second-order valence-corrected chi connectivity index (χ2v) is 6.53. The number of hydrogen-bond donors (Lipinski definition) is 0. The molecule has 2 nitrogen and oxygen atoms in total. The Hall–Kier alpha value is -2.32. The minimum absolute atomic E-state index is 1.04. The molecule has 0 bridgehead atoms. The lowest BCUT2D eigenvalue weighted by Crippen LogP contribution is -2.26. The topological polar surface area (TPSA) is 8.17 Å². The Kier molecular flexibility index (Phi) is 3.55. The lowest BCUT2D eigenvalue weighted by molar-refractivity contribution is 0.312. The minimum Gasteiger partial charge on any atom is -0.320 e. The van der Waals surface area contributed by atoms with Crippen LogP contribution in [0.2, 0.25) is 0 Å². The largest absolute Gasteiger partial charge is 0.320 e. The lowest BCUT2D eigenvalue weighted by atomic mass is 10.1. The summed E-state index contributed by atoms with van der Waals surface area (Å²) in [5.41, 5.74) is 6.82. The predicted octanol–water partition coefficient (Wildman–Crippen LogP) is 4.57. The van der Waals surface area contributed by atoms with Crippen molar-refractivity contribution in [3.05, 3.63) is 70.9 Å². The van der Waals surface area contributed by atoms with E-state index in [4.69, 9.17) is 0 Å². The van der Waals surface area contributed by atoms with Gasteiger partial charge in [0, 0.05) is 36.8 Å². The van der Waals surface area contributed by atoms with Gasteiger partial charge in [-0.2, -0.15) is 0 Å². The van der Waals surface area contributed by atoms with Crippen molar-refractivity contribution in [3.8, 4) is 0 Å². The van der Waals surface area contributed by atoms with E-state index in [0.29, 0.717) is 0 Å². The third-order valence-corrected chi connectivity index (χ3v) is 4.78. The van der Waals surface area contributed by atoms with Gasteiger partial charge in [-0.05, 0) is 37.2 Å². The summed E-state index contributed by atoms with van der Waals surface area (Å²) in [5, 5.41) is 1.39. The Labute approximate surface area is 137 Å². The van der Waals surface area contributed by atoms with E-state index >= 15 is 0 Å². The Morgan fingerprint density at radius 1 is 1.00 bits per heavy atom. The SMILES string of the molecule is Cc1ccc(C=Cn2c3c(c4ccccc42)CN(C)CC3)cc1. The summed E-state index contributed by atoms with van der Waals surface area (Å²) in [7, 11) is 2.21. The Morgan fingerprint density at radius 2 is 1.78 bits per heavy atom. The van der Waals surface area contributed by atoms with E-state index in [1.54, 1.807) is 0 Å². The molecule has 0 aliphatic carbocycles.